The van der Waals surface area contributed by atoms with Crippen molar-refractivity contribution in [1.82, 2.24) is 4.90 Å². The Labute approximate surface area is 142 Å². The summed E-state index contributed by atoms with van der Waals surface area (Å²) >= 11 is 0. The van der Waals surface area contributed by atoms with Crippen LogP contribution in [0.2, 0.25) is 0 Å². The number of hydrogen-bond donors (Lipinski definition) is 2. The summed E-state index contributed by atoms with van der Waals surface area (Å²) in [5.74, 6) is -0.805. The lowest BCUT2D eigenvalue weighted by molar-refractivity contribution is -0.126. The summed E-state index contributed by atoms with van der Waals surface area (Å²) in [6.07, 6.45) is 2.79. The number of nitriles is 1. The summed E-state index contributed by atoms with van der Waals surface area (Å²) in [4.78, 5) is 25.3. The van der Waals surface area contributed by atoms with Gasteiger partial charge < -0.3 is 16.0 Å². The van der Waals surface area contributed by atoms with Crippen molar-refractivity contribution in [1.29, 1.82) is 5.26 Å². The first-order valence-corrected chi connectivity index (χ1v) is 7.99. The Kier molecular flexibility index (Phi) is 7.66. The number of nitrogens with one attached hydrogen (secondary N) is 1. The summed E-state index contributed by atoms with van der Waals surface area (Å²) in [6.45, 7) is 5.86. The van der Waals surface area contributed by atoms with E-state index in [1.165, 1.54) is 18.0 Å². The fourth-order valence-corrected chi connectivity index (χ4v) is 2.33. The van der Waals surface area contributed by atoms with E-state index in [-0.39, 0.29) is 24.6 Å². The first-order chi connectivity index (χ1) is 11.5. The molecule has 0 aliphatic heterocycles. The molecule has 0 atom stereocenters. The number of anilines is 1. The van der Waals surface area contributed by atoms with Gasteiger partial charge in [0.25, 0.3) is 5.91 Å². The normalized spacial score (nSPS) is 10.9. The fourth-order valence-electron chi connectivity index (χ4n) is 2.33. The molecule has 0 aliphatic rings. The number of hydrogen-bond acceptors (Lipinski definition) is 4. The van der Waals surface area contributed by atoms with E-state index in [1.807, 2.05) is 38.1 Å². The highest BCUT2D eigenvalue weighted by atomic mass is 16.2. The van der Waals surface area contributed by atoms with Crippen molar-refractivity contribution in [2.75, 3.05) is 18.4 Å². The Morgan fingerprint density at radius 1 is 1.29 bits per heavy atom. The Morgan fingerprint density at radius 2 is 1.88 bits per heavy atom. The van der Waals surface area contributed by atoms with E-state index in [0.717, 1.165) is 29.7 Å². The number of carbonyl (C=O) groups is 2. The Hall–Kier alpha value is -2.65. The summed E-state index contributed by atoms with van der Waals surface area (Å²) in [6, 6.07) is 7.70. The van der Waals surface area contributed by atoms with Gasteiger partial charge in [0, 0.05) is 31.9 Å². The molecule has 3 N–H and O–H groups in total. The quantitative estimate of drug-likeness (QED) is 0.590. The molecular weight excluding hydrogens is 304 g/mol. The third kappa shape index (κ3) is 4.93. The molecule has 0 saturated heterocycles. The number of nitrogens with two attached hydrogens (primary N) is 1. The number of carbonyl (C=O) groups excluding carboxylic acids is 2. The molecule has 0 aliphatic carbocycles. The van der Waals surface area contributed by atoms with Crippen molar-refractivity contribution in [3.63, 3.8) is 0 Å². The van der Waals surface area contributed by atoms with E-state index in [4.69, 9.17) is 5.73 Å². The molecule has 0 bridgehead atoms. The Balaban J connectivity index is 3.13. The number of nitrogens with zero attached hydrogens (tertiary/aromatic N) is 2. The third-order valence-corrected chi connectivity index (χ3v) is 3.66. The molecular formula is C18H24N4O2. The van der Waals surface area contributed by atoms with Gasteiger partial charge in [0.05, 0.1) is 0 Å². The lowest BCUT2D eigenvalue weighted by Gasteiger charge is -2.17. The van der Waals surface area contributed by atoms with E-state index in [0.29, 0.717) is 0 Å². The second-order valence-corrected chi connectivity index (χ2v) is 5.27. The highest BCUT2D eigenvalue weighted by molar-refractivity contribution is 6.07. The van der Waals surface area contributed by atoms with Crippen LogP contribution in [0.3, 0.4) is 0 Å². The van der Waals surface area contributed by atoms with Gasteiger partial charge in [-0.1, -0.05) is 32.0 Å². The van der Waals surface area contributed by atoms with Gasteiger partial charge in [0.1, 0.15) is 11.6 Å². The number of amides is 2. The highest BCUT2D eigenvalue weighted by Crippen LogP contribution is 2.23. The molecule has 0 radical (unpaired) electrons. The van der Waals surface area contributed by atoms with E-state index in [1.54, 1.807) is 0 Å². The molecule has 0 spiro atoms. The average Bonchev–Trinajstić information content (AvgIpc) is 2.58. The minimum Gasteiger partial charge on any atom is -0.329 e. The van der Waals surface area contributed by atoms with Crippen LogP contribution < -0.4 is 11.1 Å². The molecule has 2 amide bonds. The van der Waals surface area contributed by atoms with Crippen LogP contribution in [0.5, 0.6) is 0 Å². The van der Waals surface area contributed by atoms with Crippen LogP contribution in [0.15, 0.2) is 30.0 Å². The molecule has 1 rings (SSSR count). The largest absolute Gasteiger partial charge is 0.329 e. The summed E-state index contributed by atoms with van der Waals surface area (Å²) in [5.41, 5.74) is 8.07. The molecule has 1 aromatic carbocycles. The van der Waals surface area contributed by atoms with Crippen LogP contribution >= 0.6 is 0 Å². The smallest absolute Gasteiger partial charge is 0.267 e. The number of para-hydroxylation sites is 1. The average molecular weight is 328 g/mol. The monoisotopic (exact) mass is 328 g/mol. The van der Waals surface area contributed by atoms with E-state index in [2.05, 4.69) is 5.32 Å². The zero-order chi connectivity index (χ0) is 18.1. The molecule has 0 aromatic heterocycles. The van der Waals surface area contributed by atoms with E-state index >= 15 is 0 Å². The first kappa shape index (κ1) is 19.4. The molecule has 0 heterocycles. The Bertz CT molecular complexity index is 652. The lowest BCUT2D eigenvalue weighted by atomic mass is 10.0. The van der Waals surface area contributed by atoms with Crippen LogP contribution in [-0.2, 0) is 22.4 Å². The molecule has 6 heteroatoms. The van der Waals surface area contributed by atoms with Crippen molar-refractivity contribution < 1.29 is 9.59 Å². The van der Waals surface area contributed by atoms with Crippen molar-refractivity contribution in [2.24, 2.45) is 5.73 Å². The van der Waals surface area contributed by atoms with Gasteiger partial charge in [-0.2, -0.15) is 5.26 Å². The van der Waals surface area contributed by atoms with Crippen molar-refractivity contribution in [2.45, 2.75) is 33.6 Å². The highest BCUT2D eigenvalue weighted by Gasteiger charge is 2.16. The second-order valence-electron chi connectivity index (χ2n) is 5.27. The predicted octanol–water partition coefficient (Wildman–Crippen LogP) is 1.96. The van der Waals surface area contributed by atoms with Crippen LogP contribution in [0.25, 0.3) is 0 Å². The third-order valence-electron chi connectivity index (χ3n) is 3.66. The predicted molar refractivity (Wildman–Crippen MR) is 94.0 cm³/mol. The van der Waals surface area contributed by atoms with Gasteiger partial charge in [0.2, 0.25) is 5.91 Å². The van der Waals surface area contributed by atoms with Crippen LogP contribution in [0.1, 0.15) is 31.9 Å². The number of aryl methyl sites for hydroxylation is 2. The molecule has 0 fully saturated rings. The van der Waals surface area contributed by atoms with E-state index < -0.39 is 5.91 Å². The number of benzene rings is 1. The molecule has 1 aromatic rings. The van der Waals surface area contributed by atoms with Gasteiger partial charge >= 0.3 is 0 Å². The number of rotatable bonds is 7. The minimum absolute atomic E-state index is 0.133. The maximum atomic E-state index is 12.5. The lowest BCUT2D eigenvalue weighted by Crippen LogP contribution is -2.30. The summed E-state index contributed by atoms with van der Waals surface area (Å²) in [5, 5.41) is 12.1. The van der Waals surface area contributed by atoms with Crippen LogP contribution in [0, 0.1) is 11.3 Å². The molecule has 128 valence electrons. The zero-order valence-electron chi connectivity index (χ0n) is 14.4. The fraction of sp³-hybridized carbons (Fsp3) is 0.389. The topological polar surface area (TPSA) is 99.2 Å². The maximum Gasteiger partial charge on any atom is 0.267 e. The minimum atomic E-state index is -0.531. The summed E-state index contributed by atoms with van der Waals surface area (Å²) in [7, 11) is 0. The first-order valence-electron chi connectivity index (χ1n) is 7.99. The Morgan fingerprint density at radius 3 is 2.29 bits per heavy atom. The SMILES string of the molecule is CCc1cccc(CC)c1NC(=O)/C(C#N)=C\N(CCN)C(C)=O. The zero-order valence-corrected chi connectivity index (χ0v) is 14.4. The maximum absolute atomic E-state index is 12.5. The van der Waals surface area contributed by atoms with Gasteiger partial charge in [0.15, 0.2) is 0 Å². The molecule has 0 saturated carbocycles. The van der Waals surface area contributed by atoms with Crippen molar-refractivity contribution >= 4 is 17.5 Å². The van der Waals surface area contributed by atoms with Gasteiger partial charge in [-0.25, -0.2) is 0 Å². The van der Waals surface area contributed by atoms with E-state index in [9.17, 15) is 14.9 Å². The van der Waals surface area contributed by atoms with Gasteiger partial charge in [-0.3, -0.25) is 9.59 Å². The van der Waals surface area contributed by atoms with Gasteiger partial charge in [-0.05, 0) is 24.0 Å². The van der Waals surface area contributed by atoms with Crippen LogP contribution in [-0.4, -0.2) is 29.8 Å². The van der Waals surface area contributed by atoms with Crippen LogP contribution in [0.4, 0.5) is 5.69 Å². The second kappa shape index (κ2) is 9.48. The van der Waals surface area contributed by atoms with Crippen molar-refractivity contribution in [3.8, 4) is 6.07 Å². The standard InChI is InChI=1S/C18H24N4O2/c1-4-14-7-6-8-15(5-2)17(14)21-18(24)16(11-20)12-22(10-9-19)13(3)23/h6-8,12H,4-5,9-10,19H2,1-3H3,(H,21,24)/b16-12-. The summed E-state index contributed by atoms with van der Waals surface area (Å²) < 4.78 is 0. The van der Waals surface area contributed by atoms with Gasteiger partial charge in [-0.15, -0.1) is 0 Å². The molecule has 6 nitrogen and oxygen atoms in total. The molecule has 0 unspecified atom stereocenters. The molecule has 24 heavy (non-hydrogen) atoms. The van der Waals surface area contributed by atoms with Crippen molar-refractivity contribution in [3.05, 3.63) is 41.1 Å².